The van der Waals surface area contributed by atoms with Crippen LogP contribution in [0.4, 0.5) is 5.82 Å². The van der Waals surface area contributed by atoms with Crippen molar-refractivity contribution in [2.24, 2.45) is 0 Å². The molecule has 2 aromatic heterocycles. The topological polar surface area (TPSA) is 64.7 Å². The number of hydrogen-bond acceptors (Lipinski definition) is 5. The largest absolute Gasteiger partial charge is 0.383 e. The Balaban J connectivity index is 0.000000606. The van der Waals surface area contributed by atoms with Crippen LogP contribution in [-0.4, -0.2) is 21.2 Å². The first kappa shape index (κ1) is 12.7. The van der Waals surface area contributed by atoms with Crippen molar-refractivity contribution in [1.29, 1.82) is 0 Å². The third kappa shape index (κ3) is 2.41. The van der Waals surface area contributed by atoms with Gasteiger partial charge in [0.15, 0.2) is 5.16 Å². The zero-order valence-electron chi connectivity index (χ0n) is 9.98. The van der Waals surface area contributed by atoms with Gasteiger partial charge in [0.05, 0.1) is 10.9 Å². The lowest BCUT2D eigenvalue weighted by Crippen LogP contribution is -1.96. The van der Waals surface area contributed by atoms with Crippen molar-refractivity contribution in [2.45, 2.75) is 25.9 Å². The summed E-state index contributed by atoms with van der Waals surface area (Å²) in [6.07, 6.45) is 5.40. The minimum absolute atomic E-state index is 0.484. The first-order valence-corrected chi connectivity index (χ1v) is 6.36. The lowest BCUT2D eigenvalue weighted by atomic mass is 10.2. The average Bonchev–Trinajstić information content (AvgIpc) is 2.36. The highest BCUT2D eigenvalue weighted by molar-refractivity contribution is 7.98. The third-order valence-electron chi connectivity index (χ3n) is 2.00. The first-order valence-electron chi connectivity index (χ1n) is 5.14. The summed E-state index contributed by atoms with van der Waals surface area (Å²) in [5.74, 6) is 0.484. The molecule has 0 saturated heterocycles. The number of rotatable bonds is 1. The highest BCUT2D eigenvalue weighted by Gasteiger charge is 2.05. The van der Waals surface area contributed by atoms with E-state index in [2.05, 4.69) is 15.0 Å². The van der Waals surface area contributed by atoms with Gasteiger partial charge in [0, 0.05) is 12.4 Å². The monoisotopic (exact) mass is 236 g/mol. The van der Waals surface area contributed by atoms with Crippen LogP contribution in [0.1, 0.15) is 19.4 Å². The molecule has 0 aliphatic carbocycles. The van der Waals surface area contributed by atoms with Gasteiger partial charge < -0.3 is 5.73 Å². The highest BCUT2D eigenvalue weighted by atomic mass is 32.2. The Morgan fingerprint density at radius 1 is 1.19 bits per heavy atom. The predicted octanol–water partition coefficient (Wildman–Crippen LogP) is 2.66. The van der Waals surface area contributed by atoms with Crippen molar-refractivity contribution in [2.75, 3.05) is 12.0 Å². The number of nitrogens with two attached hydrogens (primary N) is 1. The van der Waals surface area contributed by atoms with Crippen LogP contribution in [0.25, 0.3) is 10.9 Å². The summed E-state index contributed by atoms with van der Waals surface area (Å²) >= 11 is 1.51. The fourth-order valence-corrected chi connectivity index (χ4v) is 1.59. The number of aromatic nitrogens is 3. The molecule has 4 nitrogen and oxygen atoms in total. The smallest absolute Gasteiger partial charge is 0.187 e. The Labute approximate surface area is 99.7 Å². The Morgan fingerprint density at radius 2 is 1.88 bits per heavy atom. The molecule has 0 fully saturated rings. The van der Waals surface area contributed by atoms with Gasteiger partial charge in [-0.25, -0.2) is 15.0 Å². The normalized spacial score (nSPS) is 9.75. The summed E-state index contributed by atoms with van der Waals surface area (Å²) in [6.45, 7) is 5.96. The molecular weight excluding hydrogens is 220 g/mol. The van der Waals surface area contributed by atoms with Crippen molar-refractivity contribution in [3.63, 3.8) is 0 Å². The lowest BCUT2D eigenvalue weighted by molar-refractivity contribution is 1.00. The fraction of sp³-hybridized carbons (Fsp3) is 0.364. The predicted molar refractivity (Wildman–Crippen MR) is 69.6 cm³/mol. The van der Waals surface area contributed by atoms with Crippen LogP contribution in [0.5, 0.6) is 0 Å². The number of nitrogen functional groups attached to an aromatic ring is 1. The van der Waals surface area contributed by atoms with Crippen molar-refractivity contribution in [3.8, 4) is 0 Å². The van der Waals surface area contributed by atoms with Crippen molar-refractivity contribution < 1.29 is 0 Å². The maximum Gasteiger partial charge on any atom is 0.187 e. The van der Waals surface area contributed by atoms with Gasteiger partial charge in [-0.05, 0) is 18.7 Å². The van der Waals surface area contributed by atoms with E-state index in [-0.39, 0.29) is 0 Å². The van der Waals surface area contributed by atoms with E-state index in [1.807, 2.05) is 27.0 Å². The van der Waals surface area contributed by atoms with E-state index in [0.717, 1.165) is 21.6 Å². The maximum absolute atomic E-state index is 5.72. The molecule has 5 heteroatoms. The fourth-order valence-electron chi connectivity index (χ4n) is 1.25. The molecule has 2 N–H and O–H groups in total. The van der Waals surface area contributed by atoms with Gasteiger partial charge in [-0.3, -0.25) is 0 Å². The van der Waals surface area contributed by atoms with Crippen LogP contribution in [0.2, 0.25) is 0 Å². The molecule has 0 unspecified atom stereocenters. The number of anilines is 1. The number of aryl methyl sites for hydroxylation is 1. The maximum atomic E-state index is 5.72. The minimum Gasteiger partial charge on any atom is -0.383 e. The molecule has 2 heterocycles. The van der Waals surface area contributed by atoms with E-state index in [4.69, 9.17) is 5.73 Å². The minimum atomic E-state index is 0.484. The third-order valence-corrected chi connectivity index (χ3v) is 2.56. The Morgan fingerprint density at radius 3 is 2.50 bits per heavy atom. The van der Waals surface area contributed by atoms with E-state index < -0.39 is 0 Å². The Hall–Kier alpha value is -1.36. The van der Waals surface area contributed by atoms with Crippen LogP contribution >= 0.6 is 11.8 Å². The van der Waals surface area contributed by atoms with Crippen LogP contribution in [0, 0.1) is 6.92 Å². The van der Waals surface area contributed by atoms with Gasteiger partial charge in [-0.2, -0.15) is 0 Å². The molecule has 2 aromatic rings. The van der Waals surface area contributed by atoms with E-state index >= 15 is 0 Å². The number of thioether (sulfide) groups is 1. The molecule has 0 spiro atoms. The number of fused-ring (bicyclic) bond motifs is 1. The summed E-state index contributed by atoms with van der Waals surface area (Å²) in [7, 11) is 0. The van der Waals surface area contributed by atoms with Crippen LogP contribution < -0.4 is 5.73 Å². The quantitative estimate of drug-likeness (QED) is 0.609. The van der Waals surface area contributed by atoms with E-state index in [9.17, 15) is 0 Å². The number of nitrogens with zero attached hydrogens (tertiary/aromatic N) is 3. The molecule has 0 bridgehead atoms. The van der Waals surface area contributed by atoms with Crippen molar-refractivity contribution in [1.82, 2.24) is 15.0 Å². The van der Waals surface area contributed by atoms with Crippen LogP contribution in [0.3, 0.4) is 0 Å². The van der Waals surface area contributed by atoms with Gasteiger partial charge in [0.2, 0.25) is 0 Å². The zero-order valence-corrected chi connectivity index (χ0v) is 10.8. The first-order chi connectivity index (χ1) is 7.72. The number of pyridine rings is 1. The lowest BCUT2D eigenvalue weighted by Gasteiger charge is -2.03. The zero-order chi connectivity index (χ0) is 12.1. The second kappa shape index (κ2) is 5.65. The van der Waals surface area contributed by atoms with E-state index in [1.165, 1.54) is 11.8 Å². The Kier molecular flexibility index (Phi) is 4.49. The molecule has 0 saturated carbocycles. The molecule has 0 aliphatic heterocycles. The molecule has 16 heavy (non-hydrogen) atoms. The molecular formula is C11H16N4S. The summed E-state index contributed by atoms with van der Waals surface area (Å²) in [6, 6.07) is 0. The standard InChI is InChI=1S/C9H10N4S.C2H6/c1-5-3-11-8(10)6-4-12-9(14-2)13-7(5)6;1-2/h3-4H,1-2H3,(H2,10,11);1-2H3. The molecule has 0 aliphatic rings. The molecule has 2 rings (SSSR count). The van der Waals surface area contributed by atoms with Gasteiger partial charge >= 0.3 is 0 Å². The molecule has 86 valence electrons. The Bertz CT molecular complexity index is 485. The average molecular weight is 236 g/mol. The van der Waals surface area contributed by atoms with Gasteiger partial charge in [-0.1, -0.05) is 25.6 Å². The second-order valence-corrected chi connectivity index (χ2v) is 3.72. The van der Waals surface area contributed by atoms with Crippen LogP contribution in [-0.2, 0) is 0 Å². The van der Waals surface area contributed by atoms with Crippen molar-refractivity contribution in [3.05, 3.63) is 18.0 Å². The second-order valence-electron chi connectivity index (χ2n) is 2.95. The summed E-state index contributed by atoms with van der Waals surface area (Å²) < 4.78 is 0. The van der Waals surface area contributed by atoms with Gasteiger partial charge in [-0.15, -0.1) is 0 Å². The van der Waals surface area contributed by atoms with E-state index in [0.29, 0.717) is 5.82 Å². The van der Waals surface area contributed by atoms with E-state index in [1.54, 1.807) is 12.4 Å². The van der Waals surface area contributed by atoms with Gasteiger partial charge in [0.25, 0.3) is 0 Å². The molecule has 0 atom stereocenters. The molecule has 0 radical (unpaired) electrons. The molecule has 0 aromatic carbocycles. The summed E-state index contributed by atoms with van der Waals surface area (Å²) in [5, 5.41) is 1.58. The highest BCUT2D eigenvalue weighted by Crippen LogP contribution is 2.21. The number of hydrogen-bond donors (Lipinski definition) is 1. The van der Waals surface area contributed by atoms with Gasteiger partial charge in [0.1, 0.15) is 5.82 Å². The van der Waals surface area contributed by atoms with Crippen LogP contribution in [0.15, 0.2) is 17.6 Å². The molecule has 0 amide bonds. The summed E-state index contributed by atoms with van der Waals surface area (Å²) in [4.78, 5) is 12.6. The summed E-state index contributed by atoms with van der Waals surface area (Å²) in [5.41, 5.74) is 7.62. The SMILES string of the molecule is CC.CSc1ncc2c(N)ncc(C)c2n1. The van der Waals surface area contributed by atoms with Crippen molar-refractivity contribution >= 4 is 28.5 Å².